The Labute approximate surface area is 119 Å². The maximum atomic E-state index is 12.7. The van der Waals surface area contributed by atoms with Gasteiger partial charge in [-0.15, -0.1) is 12.4 Å². The molecule has 1 aromatic heterocycles. The number of halogens is 1. The standard InChI is InChI=1S/C13H20N4O.ClH/c1-9-12(8-15-16(9)2)13(18)17-10-3-4-11(17)7-14-6-5-10;/h8,10-11,14H,3-7H2,1-2H3;1H. The number of amides is 1. The number of rotatable bonds is 1. The SMILES string of the molecule is Cc1c(C(=O)N2C3CCNCC2CC3)cnn1C.Cl. The molecule has 3 rings (SSSR count). The van der Waals surface area contributed by atoms with Crippen molar-refractivity contribution in [2.75, 3.05) is 13.1 Å². The highest BCUT2D eigenvalue weighted by Gasteiger charge is 2.39. The summed E-state index contributed by atoms with van der Waals surface area (Å²) >= 11 is 0. The van der Waals surface area contributed by atoms with Gasteiger partial charge in [0.25, 0.3) is 5.91 Å². The zero-order valence-corrected chi connectivity index (χ0v) is 12.2. The number of nitrogens with zero attached hydrogens (tertiary/aromatic N) is 3. The van der Waals surface area contributed by atoms with E-state index in [1.54, 1.807) is 10.9 Å². The summed E-state index contributed by atoms with van der Waals surface area (Å²) in [5.74, 6) is 0.164. The molecule has 3 heterocycles. The molecule has 2 aliphatic heterocycles. The van der Waals surface area contributed by atoms with Crippen molar-refractivity contribution >= 4 is 18.3 Å². The third-order valence-electron chi connectivity index (χ3n) is 4.35. The fourth-order valence-electron chi connectivity index (χ4n) is 3.16. The predicted octanol–water partition coefficient (Wildman–Crippen LogP) is 1.12. The van der Waals surface area contributed by atoms with Gasteiger partial charge in [-0.2, -0.15) is 5.10 Å². The van der Waals surface area contributed by atoms with Crippen LogP contribution >= 0.6 is 12.4 Å². The summed E-state index contributed by atoms with van der Waals surface area (Å²) in [5.41, 5.74) is 1.72. The minimum absolute atomic E-state index is 0. The maximum absolute atomic E-state index is 12.7. The summed E-state index contributed by atoms with van der Waals surface area (Å²) in [6, 6.07) is 0.779. The number of hydrogen-bond acceptors (Lipinski definition) is 3. The van der Waals surface area contributed by atoms with E-state index >= 15 is 0 Å². The maximum Gasteiger partial charge on any atom is 0.257 e. The van der Waals surface area contributed by atoms with Gasteiger partial charge in [0, 0.05) is 31.4 Å². The van der Waals surface area contributed by atoms with Crippen LogP contribution in [-0.2, 0) is 7.05 Å². The van der Waals surface area contributed by atoms with Crippen LogP contribution in [0.2, 0.25) is 0 Å². The minimum atomic E-state index is 0. The van der Waals surface area contributed by atoms with Crippen molar-refractivity contribution in [3.63, 3.8) is 0 Å². The molecule has 106 valence electrons. The highest BCUT2D eigenvalue weighted by Crippen LogP contribution is 2.29. The van der Waals surface area contributed by atoms with Gasteiger partial charge in [0.1, 0.15) is 0 Å². The smallest absolute Gasteiger partial charge is 0.257 e. The van der Waals surface area contributed by atoms with Crippen molar-refractivity contribution in [2.24, 2.45) is 7.05 Å². The number of carbonyl (C=O) groups excluding carboxylic acids is 1. The van der Waals surface area contributed by atoms with Crippen LogP contribution in [-0.4, -0.2) is 45.8 Å². The molecule has 2 bridgehead atoms. The second-order valence-electron chi connectivity index (χ2n) is 5.36. The van der Waals surface area contributed by atoms with E-state index < -0.39 is 0 Å². The second-order valence-corrected chi connectivity index (χ2v) is 5.36. The van der Waals surface area contributed by atoms with Crippen LogP contribution in [0, 0.1) is 6.92 Å². The van der Waals surface area contributed by atoms with Crippen molar-refractivity contribution in [1.82, 2.24) is 20.0 Å². The van der Waals surface area contributed by atoms with Crippen LogP contribution in [0.4, 0.5) is 0 Å². The van der Waals surface area contributed by atoms with E-state index in [1.807, 2.05) is 14.0 Å². The van der Waals surface area contributed by atoms with E-state index in [9.17, 15) is 4.79 Å². The Morgan fingerprint density at radius 2 is 2.11 bits per heavy atom. The molecule has 2 saturated heterocycles. The monoisotopic (exact) mass is 284 g/mol. The first-order valence-corrected chi connectivity index (χ1v) is 6.70. The number of carbonyl (C=O) groups is 1. The summed E-state index contributed by atoms with van der Waals surface area (Å²) in [6.07, 6.45) is 5.05. The highest BCUT2D eigenvalue weighted by molar-refractivity contribution is 5.95. The van der Waals surface area contributed by atoms with Crippen molar-refractivity contribution < 1.29 is 4.79 Å². The summed E-state index contributed by atoms with van der Waals surface area (Å²) in [6.45, 7) is 3.91. The fraction of sp³-hybridized carbons (Fsp3) is 0.692. The third kappa shape index (κ3) is 2.37. The van der Waals surface area contributed by atoms with Crippen LogP contribution in [0.3, 0.4) is 0 Å². The number of fused-ring (bicyclic) bond motifs is 2. The quantitative estimate of drug-likeness (QED) is 0.841. The number of nitrogens with one attached hydrogen (secondary N) is 1. The number of hydrogen-bond donors (Lipinski definition) is 1. The lowest BCUT2D eigenvalue weighted by molar-refractivity contribution is 0.0679. The molecule has 0 aliphatic carbocycles. The fourth-order valence-corrected chi connectivity index (χ4v) is 3.16. The molecule has 6 heteroatoms. The van der Waals surface area contributed by atoms with E-state index in [2.05, 4.69) is 15.3 Å². The van der Waals surface area contributed by atoms with Crippen LogP contribution in [0.5, 0.6) is 0 Å². The van der Waals surface area contributed by atoms with Gasteiger partial charge >= 0.3 is 0 Å². The first-order valence-electron chi connectivity index (χ1n) is 6.70. The molecule has 2 fully saturated rings. The molecule has 5 nitrogen and oxygen atoms in total. The van der Waals surface area contributed by atoms with Crippen LogP contribution in [0.25, 0.3) is 0 Å². The first kappa shape index (κ1) is 14.3. The van der Waals surface area contributed by atoms with Crippen molar-refractivity contribution in [1.29, 1.82) is 0 Å². The van der Waals surface area contributed by atoms with Crippen molar-refractivity contribution in [2.45, 2.75) is 38.3 Å². The second kappa shape index (κ2) is 5.51. The zero-order chi connectivity index (χ0) is 12.7. The van der Waals surface area contributed by atoms with E-state index in [1.165, 1.54) is 0 Å². The Balaban J connectivity index is 0.00000133. The van der Waals surface area contributed by atoms with Gasteiger partial charge in [0.05, 0.1) is 11.8 Å². The van der Waals surface area contributed by atoms with E-state index in [0.717, 1.165) is 43.6 Å². The lowest BCUT2D eigenvalue weighted by Crippen LogP contribution is -2.42. The van der Waals surface area contributed by atoms with Gasteiger partial charge in [0.15, 0.2) is 0 Å². The van der Waals surface area contributed by atoms with Crippen molar-refractivity contribution in [3.05, 3.63) is 17.5 Å². The number of aromatic nitrogens is 2. The van der Waals surface area contributed by atoms with Gasteiger partial charge in [0.2, 0.25) is 0 Å². The Bertz CT molecular complexity index is 459. The summed E-state index contributed by atoms with van der Waals surface area (Å²) in [4.78, 5) is 14.8. The van der Waals surface area contributed by atoms with E-state index in [4.69, 9.17) is 0 Å². The predicted molar refractivity (Wildman–Crippen MR) is 75.7 cm³/mol. The van der Waals surface area contributed by atoms with Gasteiger partial charge in [-0.25, -0.2) is 0 Å². The molecule has 0 radical (unpaired) electrons. The molecule has 1 N–H and O–H groups in total. The molecule has 0 saturated carbocycles. The number of aryl methyl sites for hydroxylation is 1. The normalized spacial score (nSPS) is 25.9. The van der Waals surface area contributed by atoms with Gasteiger partial charge in [-0.3, -0.25) is 9.48 Å². The molecule has 1 aromatic rings. The Morgan fingerprint density at radius 1 is 1.37 bits per heavy atom. The zero-order valence-electron chi connectivity index (χ0n) is 11.4. The minimum Gasteiger partial charge on any atom is -0.331 e. The van der Waals surface area contributed by atoms with Gasteiger partial charge in [-0.1, -0.05) is 0 Å². The van der Waals surface area contributed by atoms with Gasteiger partial charge in [-0.05, 0) is 32.7 Å². The van der Waals surface area contributed by atoms with Crippen LogP contribution < -0.4 is 5.32 Å². The van der Waals surface area contributed by atoms with E-state index in [-0.39, 0.29) is 18.3 Å². The average Bonchev–Trinajstić information content (AvgIpc) is 2.79. The largest absolute Gasteiger partial charge is 0.331 e. The third-order valence-corrected chi connectivity index (χ3v) is 4.35. The molecular formula is C13H21ClN4O. The summed E-state index contributed by atoms with van der Waals surface area (Å²) < 4.78 is 1.77. The van der Waals surface area contributed by atoms with Crippen LogP contribution in [0.1, 0.15) is 35.3 Å². The Kier molecular flexibility index (Phi) is 4.16. The van der Waals surface area contributed by atoms with Crippen LogP contribution in [0.15, 0.2) is 6.20 Å². The molecule has 2 aliphatic rings. The highest BCUT2D eigenvalue weighted by atomic mass is 35.5. The lowest BCUT2D eigenvalue weighted by atomic mass is 10.1. The molecule has 2 atom stereocenters. The Hall–Kier alpha value is -1.07. The lowest BCUT2D eigenvalue weighted by Gasteiger charge is -2.27. The molecular weight excluding hydrogens is 264 g/mol. The Morgan fingerprint density at radius 3 is 2.79 bits per heavy atom. The molecule has 1 amide bonds. The molecule has 0 spiro atoms. The summed E-state index contributed by atoms with van der Waals surface area (Å²) in [5, 5.41) is 7.60. The average molecular weight is 285 g/mol. The van der Waals surface area contributed by atoms with Crippen molar-refractivity contribution in [3.8, 4) is 0 Å². The first-order chi connectivity index (χ1) is 8.68. The molecule has 2 unspecified atom stereocenters. The molecule has 0 aromatic carbocycles. The summed E-state index contributed by atoms with van der Waals surface area (Å²) in [7, 11) is 1.88. The van der Waals surface area contributed by atoms with Gasteiger partial charge < -0.3 is 10.2 Å². The molecule has 19 heavy (non-hydrogen) atoms. The topological polar surface area (TPSA) is 50.2 Å². The van der Waals surface area contributed by atoms with E-state index in [0.29, 0.717) is 12.1 Å².